The molecule has 8 nitrogen and oxygen atoms in total. The van der Waals surface area contributed by atoms with Crippen LogP contribution in [0.4, 0.5) is 5.95 Å². The fourth-order valence-corrected chi connectivity index (χ4v) is 3.24. The highest BCUT2D eigenvalue weighted by Crippen LogP contribution is 2.38. The molecule has 0 spiro atoms. The molecule has 0 radical (unpaired) electrons. The summed E-state index contributed by atoms with van der Waals surface area (Å²) < 4.78 is 5.71. The van der Waals surface area contributed by atoms with Crippen LogP contribution < -0.4 is 10.5 Å². The Hall–Kier alpha value is -3.55. The molecule has 138 valence electrons. The molecule has 1 aliphatic heterocycles. The first kappa shape index (κ1) is 16.9. The second kappa shape index (κ2) is 6.64. The van der Waals surface area contributed by atoms with Gasteiger partial charge in [-0.25, -0.2) is 0 Å². The Labute approximate surface area is 155 Å². The SMILES string of the molecule is Cc1ccccc1-c1cc(O)c2c(c1)CN(C(=O)c1nc(N)n[nH]1)CCO2. The lowest BCUT2D eigenvalue weighted by Crippen LogP contribution is -2.33. The number of carbonyl (C=O) groups excluding carboxylic acids is 1. The van der Waals surface area contributed by atoms with Crippen molar-refractivity contribution in [2.75, 3.05) is 18.9 Å². The number of nitrogens with one attached hydrogen (secondary N) is 1. The van der Waals surface area contributed by atoms with Gasteiger partial charge in [0.25, 0.3) is 5.91 Å². The average molecular weight is 365 g/mol. The minimum Gasteiger partial charge on any atom is -0.504 e. The quantitative estimate of drug-likeness (QED) is 0.640. The summed E-state index contributed by atoms with van der Waals surface area (Å²) in [5.74, 6) is 0.236. The number of nitrogen functional groups attached to an aromatic ring is 1. The number of aromatic hydroxyl groups is 1. The van der Waals surface area contributed by atoms with Crippen LogP contribution in [0.15, 0.2) is 36.4 Å². The lowest BCUT2D eigenvalue weighted by molar-refractivity contribution is 0.0721. The number of nitrogens with two attached hydrogens (primary N) is 1. The van der Waals surface area contributed by atoms with Gasteiger partial charge in [-0.1, -0.05) is 24.3 Å². The summed E-state index contributed by atoms with van der Waals surface area (Å²) in [6, 6.07) is 11.6. The first-order valence-corrected chi connectivity index (χ1v) is 8.55. The third kappa shape index (κ3) is 3.17. The number of rotatable bonds is 2. The molecule has 4 rings (SSSR count). The number of aromatic amines is 1. The van der Waals surface area contributed by atoms with Crippen LogP contribution in [0.3, 0.4) is 0 Å². The third-order valence-electron chi connectivity index (χ3n) is 4.56. The van der Waals surface area contributed by atoms with Crippen molar-refractivity contribution < 1.29 is 14.6 Å². The molecule has 0 aliphatic carbocycles. The van der Waals surface area contributed by atoms with E-state index in [4.69, 9.17) is 10.5 Å². The Morgan fingerprint density at radius 3 is 2.89 bits per heavy atom. The smallest absolute Gasteiger partial charge is 0.291 e. The number of hydrogen-bond donors (Lipinski definition) is 3. The Balaban J connectivity index is 1.71. The van der Waals surface area contributed by atoms with E-state index in [0.29, 0.717) is 12.3 Å². The Kier molecular flexibility index (Phi) is 4.15. The van der Waals surface area contributed by atoms with Gasteiger partial charge >= 0.3 is 0 Å². The number of phenols is 1. The topological polar surface area (TPSA) is 117 Å². The van der Waals surface area contributed by atoms with E-state index in [0.717, 1.165) is 22.3 Å². The van der Waals surface area contributed by atoms with Crippen molar-refractivity contribution in [3.63, 3.8) is 0 Å². The lowest BCUT2D eigenvalue weighted by atomic mass is 9.98. The molecular weight excluding hydrogens is 346 g/mol. The molecule has 0 unspecified atom stereocenters. The minimum absolute atomic E-state index is 0.0179. The number of amides is 1. The van der Waals surface area contributed by atoms with Crippen LogP contribution in [-0.2, 0) is 6.54 Å². The van der Waals surface area contributed by atoms with E-state index in [1.165, 1.54) is 0 Å². The molecule has 2 aromatic carbocycles. The molecule has 27 heavy (non-hydrogen) atoms. The predicted molar refractivity (Wildman–Crippen MR) is 99.3 cm³/mol. The van der Waals surface area contributed by atoms with E-state index in [-0.39, 0.29) is 36.6 Å². The number of aryl methyl sites for hydroxylation is 1. The van der Waals surface area contributed by atoms with Crippen molar-refractivity contribution in [3.8, 4) is 22.6 Å². The van der Waals surface area contributed by atoms with Crippen LogP contribution in [-0.4, -0.2) is 44.2 Å². The maximum absolute atomic E-state index is 12.7. The molecule has 0 bridgehead atoms. The lowest BCUT2D eigenvalue weighted by Gasteiger charge is -2.18. The molecule has 4 N–H and O–H groups in total. The van der Waals surface area contributed by atoms with Gasteiger partial charge in [-0.2, -0.15) is 4.98 Å². The zero-order valence-corrected chi connectivity index (χ0v) is 14.8. The number of carbonyl (C=O) groups is 1. The maximum Gasteiger partial charge on any atom is 0.291 e. The van der Waals surface area contributed by atoms with E-state index in [1.807, 2.05) is 37.3 Å². The summed E-state index contributed by atoms with van der Waals surface area (Å²) in [6.45, 7) is 2.91. The molecular formula is C19H19N5O3. The van der Waals surface area contributed by atoms with Crippen LogP contribution in [0.1, 0.15) is 21.7 Å². The Bertz CT molecular complexity index is 1010. The fourth-order valence-electron chi connectivity index (χ4n) is 3.24. The average Bonchev–Trinajstić information content (AvgIpc) is 2.96. The van der Waals surface area contributed by atoms with Crippen molar-refractivity contribution in [2.24, 2.45) is 0 Å². The summed E-state index contributed by atoms with van der Waals surface area (Å²) in [4.78, 5) is 18.2. The second-order valence-electron chi connectivity index (χ2n) is 6.42. The highest BCUT2D eigenvalue weighted by Gasteiger charge is 2.25. The second-order valence-corrected chi connectivity index (χ2v) is 6.42. The first-order chi connectivity index (χ1) is 13.0. The molecule has 3 aromatic rings. The maximum atomic E-state index is 12.7. The first-order valence-electron chi connectivity index (χ1n) is 8.55. The van der Waals surface area contributed by atoms with Crippen molar-refractivity contribution in [1.82, 2.24) is 20.1 Å². The summed E-state index contributed by atoms with van der Waals surface area (Å²) >= 11 is 0. The molecule has 0 saturated heterocycles. The molecule has 2 heterocycles. The summed E-state index contributed by atoms with van der Waals surface area (Å²) in [6.07, 6.45) is 0. The van der Waals surface area contributed by atoms with Crippen LogP contribution in [0.25, 0.3) is 11.1 Å². The number of phenolic OH excluding ortho intramolecular Hbond substituents is 1. The Morgan fingerprint density at radius 1 is 1.33 bits per heavy atom. The van der Waals surface area contributed by atoms with Gasteiger partial charge in [-0.15, -0.1) is 5.10 Å². The van der Waals surface area contributed by atoms with Crippen LogP contribution in [0.5, 0.6) is 11.5 Å². The van der Waals surface area contributed by atoms with Gasteiger partial charge in [0.1, 0.15) is 6.61 Å². The van der Waals surface area contributed by atoms with E-state index in [9.17, 15) is 9.90 Å². The van der Waals surface area contributed by atoms with Gasteiger partial charge in [-0.3, -0.25) is 9.89 Å². The van der Waals surface area contributed by atoms with Gasteiger partial charge in [-0.05, 0) is 35.7 Å². The van der Waals surface area contributed by atoms with Gasteiger partial charge in [0.15, 0.2) is 11.5 Å². The number of nitrogens with zero attached hydrogens (tertiary/aromatic N) is 3. The molecule has 1 aromatic heterocycles. The molecule has 0 atom stereocenters. The predicted octanol–water partition coefficient (Wildman–Crippen LogP) is 2.10. The van der Waals surface area contributed by atoms with Crippen molar-refractivity contribution in [2.45, 2.75) is 13.5 Å². The van der Waals surface area contributed by atoms with Crippen molar-refractivity contribution >= 4 is 11.9 Å². The summed E-state index contributed by atoms with van der Waals surface area (Å²) in [5, 5.41) is 16.7. The highest BCUT2D eigenvalue weighted by molar-refractivity contribution is 5.90. The number of fused-ring (bicyclic) bond motifs is 1. The Morgan fingerprint density at radius 2 is 2.15 bits per heavy atom. The van der Waals surface area contributed by atoms with Crippen LogP contribution in [0, 0.1) is 6.92 Å². The monoisotopic (exact) mass is 365 g/mol. The van der Waals surface area contributed by atoms with E-state index < -0.39 is 0 Å². The third-order valence-corrected chi connectivity index (χ3v) is 4.56. The number of ether oxygens (including phenoxy) is 1. The van der Waals surface area contributed by atoms with E-state index in [2.05, 4.69) is 15.2 Å². The minimum atomic E-state index is -0.323. The normalized spacial score (nSPS) is 13.6. The molecule has 0 fully saturated rings. The van der Waals surface area contributed by atoms with Crippen LogP contribution in [0.2, 0.25) is 0 Å². The number of hydrogen-bond acceptors (Lipinski definition) is 6. The molecule has 8 heteroatoms. The van der Waals surface area contributed by atoms with Crippen molar-refractivity contribution in [1.29, 1.82) is 0 Å². The zero-order valence-electron chi connectivity index (χ0n) is 14.8. The molecule has 0 saturated carbocycles. The van der Waals surface area contributed by atoms with Crippen LogP contribution >= 0.6 is 0 Å². The molecule has 1 amide bonds. The fraction of sp³-hybridized carbons (Fsp3) is 0.211. The van der Waals surface area contributed by atoms with E-state index >= 15 is 0 Å². The van der Waals surface area contributed by atoms with E-state index in [1.54, 1.807) is 11.0 Å². The van der Waals surface area contributed by atoms with Gasteiger partial charge < -0.3 is 20.5 Å². The van der Waals surface area contributed by atoms with Gasteiger partial charge in [0.2, 0.25) is 11.8 Å². The zero-order chi connectivity index (χ0) is 19.0. The standard InChI is InChI=1S/C19H19N5O3/c1-11-4-2-3-5-14(11)12-8-13-10-24(6-7-27-16(13)15(25)9-12)18(26)17-21-19(20)23-22-17/h2-5,8-9,25H,6-7,10H2,1H3,(H3,20,21,22,23). The number of anilines is 1. The summed E-state index contributed by atoms with van der Waals surface area (Å²) in [5.41, 5.74) is 9.19. The van der Waals surface area contributed by atoms with Gasteiger partial charge in [0, 0.05) is 5.56 Å². The molecule has 1 aliphatic rings. The number of aromatic nitrogens is 3. The number of benzene rings is 2. The highest BCUT2D eigenvalue weighted by atomic mass is 16.5. The summed E-state index contributed by atoms with van der Waals surface area (Å²) in [7, 11) is 0. The number of H-pyrrole nitrogens is 1. The largest absolute Gasteiger partial charge is 0.504 e. The van der Waals surface area contributed by atoms with Crippen molar-refractivity contribution in [3.05, 3.63) is 53.3 Å². The van der Waals surface area contributed by atoms with Gasteiger partial charge in [0.05, 0.1) is 13.1 Å².